The first-order chi connectivity index (χ1) is 5.36. The van der Waals surface area contributed by atoms with Crippen LogP contribution in [0.4, 0.5) is 0 Å². The lowest BCUT2D eigenvalue weighted by Gasteiger charge is -1.82. The van der Waals surface area contributed by atoms with Gasteiger partial charge in [0.15, 0.2) is 0 Å². The largest absolute Gasteiger partial charge is 0.242 e. The van der Waals surface area contributed by atoms with E-state index in [9.17, 15) is 0 Å². The number of hydrogen-bond donors (Lipinski definition) is 0. The number of nitrogens with zero attached hydrogens (tertiary/aromatic N) is 1. The molecule has 0 amide bonds. The van der Waals surface area contributed by atoms with Crippen LogP contribution in [0, 0.1) is 6.92 Å². The van der Waals surface area contributed by atoms with Crippen LogP contribution in [0.1, 0.15) is 22.0 Å². The third kappa shape index (κ3) is 1.26. The third-order valence-corrected chi connectivity index (χ3v) is 2.56. The zero-order valence-corrected chi connectivity index (χ0v) is 7.19. The molecular weight excluding hydrogens is 154 g/mol. The predicted octanol–water partition coefficient (Wildman–Crippen LogP) is 2.88. The fraction of sp³-hybridized carbons (Fsp3) is 0.222. The lowest BCUT2D eigenvalue weighted by Crippen LogP contribution is -1.72. The third-order valence-electron chi connectivity index (χ3n) is 1.61. The zero-order valence-electron chi connectivity index (χ0n) is 6.37. The summed E-state index contributed by atoms with van der Waals surface area (Å²) < 4.78 is 0. The van der Waals surface area contributed by atoms with E-state index in [-0.39, 0.29) is 0 Å². The fourth-order valence-corrected chi connectivity index (χ4v) is 1.98. The topological polar surface area (TPSA) is 12.9 Å². The monoisotopic (exact) mass is 163 g/mol. The molecule has 1 aromatic heterocycles. The maximum Gasteiger partial charge on any atom is 0.0907 e. The summed E-state index contributed by atoms with van der Waals surface area (Å²) in [6.07, 6.45) is 9.59. The van der Waals surface area contributed by atoms with Crippen LogP contribution in [0.5, 0.6) is 0 Å². The quantitative estimate of drug-likeness (QED) is 0.573. The SMILES string of the molecule is Cc1nc2c(s1)C=CCC=C2. The first-order valence-corrected chi connectivity index (χ1v) is 4.48. The molecule has 0 radical (unpaired) electrons. The number of thiazole rings is 1. The van der Waals surface area contributed by atoms with Crippen molar-refractivity contribution in [2.75, 3.05) is 0 Å². The molecule has 0 saturated carbocycles. The van der Waals surface area contributed by atoms with Gasteiger partial charge in [-0.05, 0) is 25.5 Å². The van der Waals surface area contributed by atoms with Crippen molar-refractivity contribution in [3.8, 4) is 0 Å². The molecule has 0 aliphatic heterocycles. The highest BCUT2D eigenvalue weighted by Crippen LogP contribution is 2.22. The minimum absolute atomic E-state index is 1.03. The second-order valence-corrected chi connectivity index (χ2v) is 3.76. The molecule has 0 atom stereocenters. The van der Waals surface area contributed by atoms with Gasteiger partial charge in [-0.3, -0.25) is 0 Å². The molecule has 0 aromatic carbocycles. The Kier molecular flexibility index (Phi) is 1.62. The Bertz CT molecular complexity index is 291. The van der Waals surface area contributed by atoms with Crippen molar-refractivity contribution < 1.29 is 0 Å². The van der Waals surface area contributed by atoms with Gasteiger partial charge in [0.2, 0.25) is 0 Å². The number of aromatic nitrogens is 1. The van der Waals surface area contributed by atoms with Gasteiger partial charge in [0.1, 0.15) is 0 Å². The highest BCUT2D eigenvalue weighted by atomic mass is 32.1. The lowest BCUT2D eigenvalue weighted by molar-refractivity contribution is 1.27. The summed E-state index contributed by atoms with van der Waals surface area (Å²) in [6.45, 7) is 2.04. The average Bonchev–Trinajstić information content (AvgIpc) is 2.17. The minimum Gasteiger partial charge on any atom is -0.242 e. The molecule has 0 spiro atoms. The van der Waals surface area contributed by atoms with E-state index in [2.05, 4.69) is 29.3 Å². The molecule has 0 fully saturated rings. The van der Waals surface area contributed by atoms with Gasteiger partial charge in [-0.15, -0.1) is 11.3 Å². The van der Waals surface area contributed by atoms with Crippen molar-refractivity contribution in [2.45, 2.75) is 13.3 Å². The van der Waals surface area contributed by atoms with Gasteiger partial charge in [0.25, 0.3) is 0 Å². The van der Waals surface area contributed by atoms with Crippen molar-refractivity contribution in [2.24, 2.45) is 0 Å². The molecule has 2 rings (SSSR count). The van der Waals surface area contributed by atoms with Crippen LogP contribution in [0.25, 0.3) is 12.2 Å². The van der Waals surface area contributed by atoms with E-state index in [0.717, 1.165) is 17.1 Å². The number of hydrogen-bond acceptors (Lipinski definition) is 2. The van der Waals surface area contributed by atoms with Crippen LogP contribution >= 0.6 is 11.3 Å². The molecule has 11 heavy (non-hydrogen) atoms. The Balaban J connectivity index is 2.56. The van der Waals surface area contributed by atoms with Gasteiger partial charge in [0.05, 0.1) is 15.6 Å². The van der Waals surface area contributed by atoms with Gasteiger partial charge in [-0.1, -0.05) is 12.2 Å². The highest BCUT2D eigenvalue weighted by Gasteiger charge is 2.03. The second-order valence-electron chi connectivity index (χ2n) is 2.52. The summed E-state index contributed by atoms with van der Waals surface area (Å²) in [7, 11) is 0. The van der Waals surface area contributed by atoms with Crippen molar-refractivity contribution in [3.05, 3.63) is 27.7 Å². The summed E-state index contributed by atoms with van der Waals surface area (Å²) in [5, 5.41) is 1.14. The number of fused-ring (bicyclic) bond motifs is 1. The standard InChI is InChI=1S/C9H9NS/c1-7-10-8-5-3-2-4-6-9(8)11-7/h3-6H,2H2,1H3. The maximum atomic E-state index is 4.39. The first kappa shape index (κ1) is 6.80. The van der Waals surface area contributed by atoms with Crippen molar-refractivity contribution in [1.82, 2.24) is 4.98 Å². The molecule has 56 valence electrons. The van der Waals surface area contributed by atoms with Crippen LogP contribution < -0.4 is 0 Å². The van der Waals surface area contributed by atoms with E-state index in [1.54, 1.807) is 11.3 Å². The molecule has 1 aliphatic carbocycles. The van der Waals surface area contributed by atoms with E-state index in [4.69, 9.17) is 0 Å². The number of allylic oxidation sites excluding steroid dienone is 2. The van der Waals surface area contributed by atoms with Crippen LogP contribution in [-0.2, 0) is 0 Å². The molecular formula is C9H9NS. The Morgan fingerprint density at radius 3 is 3.09 bits per heavy atom. The summed E-state index contributed by atoms with van der Waals surface area (Å²) in [6, 6.07) is 0. The van der Waals surface area contributed by atoms with Crippen molar-refractivity contribution >= 4 is 23.5 Å². The van der Waals surface area contributed by atoms with E-state index < -0.39 is 0 Å². The van der Waals surface area contributed by atoms with Crippen molar-refractivity contribution in [3.63, 3.8) is 0 Å². The first-order valence-electron chi connectivity index (χ1n) is 3.67. The van der Waals surface area contributed by atoms with E-state index in [1.165, 1.54) is 4.88 Å². The molecule has 0 N–H and O–H groups in total. The maximum absolute atomic E-state index is 4.39. The Morgan fingerprint density at radius 1 is 1.36 bits per heavy atom. The van der Waals surface area contributed by atoms with E-state index >= 15 is 0 Å². The molecule has 1 aliphatic rings. The smallest absolute Gasteiger partial charge is 0.0907 e. The molecule has 1 nitrogen and oxygen atoms in total. The summed E-state index contributed by atoms with van der Waals surface area (Å²) in [4.78, 5) is 5.68. The Labute approximate surface area is 70.1 Å². The molecule has 1 aromatic rings. The van der Waals surface area contributed by atoms with Gasteiger partial charge in [-0.25, -0.2) is 4.98 Å². The Morgan fingerprint density at radius 2 is 2.18 bits per heavy atom. The molecule has 2 heteroatoms. The van der Waals surface area contributed by atoms with Crippen LogP contribution in [0.15, 0.2) is 12.2 Å². The summed E-state index contributed by atoms with van der Waals surface area (Å²) in [5.74, 6) is 0. The minimum atomic E-state index is 1.03. The van der Waals surface area contributed by atoms with E-state index in [1.807, 2.05) is 6.92 Å². The van der Waals surface area contributed by atoms with Crippen molar-refractivity contribution in [1.29, 1.82) is 0 Å². The normalized spacial score (nSPS) is 14.6. The van der Waals surface area contributed by atoms with E-state index in [0.29, 0.717) is 0 Å². The summed E-state index contributed by atoms with van der Waals surface area (Å²) >= 11 is 1.75. The van der Waals surface area contributed by atoms with Crippen LogP contribution in [0.2, 0.25) is 0 Å². The fourth-order valence-electron chi connectivity index (χ4n) is 1.13. The highest BCUT2D eigenvalue weighted by molar-refractivity contribution is 7.12. The summed E-state index contributed by atoms with van der Waals surface area (Å²) in [5.41, 5.74) is 1.13. The van der Waals surface area contributed by atoms with Gasteiger partial charge < -0.3 is 0 Å². The van der Waals surface area contributed by atoms with Gasteiger partial charge in [-0.2, -0.15) is 0 Å². The average molecular weight is 163 g/mol. The molecule has 0 saturated heterocycles. The lowest BCUT2D eigenvalue weighted by atomic mass is 10.3. The second kappa shape index (κ2) is 2.62. The van der Waals surface area contributed by atoms with Gasteiger partial charge in [0, 0.05) is 0 Å². The predicted molar refractivity (Wildman–Crippen MR) is 49.5 cm³/mol. The molecule has 0 unspecified atom stereocenters. The molecule has 1 heterocycles. The van der Waals surface area contributed by atoms with Crippen LogP contribution in [-0.4, -0.2) is 4.98 Å². The Hall–Kier alpha value is -0.890. The number of aryl methyl sites for hydroxylation is 1. The van der Waals surface area contributed by atoms with Gasteiger partial charge >= 0.3 is 0 Å². The van der Waals surface area contributed by atoms with Crippen LogP contribution in [0.3, 0.4) is 0 Å². The number of rotatable bonds is 0. The zero-order chi connectivity index (χ0) is 7.68. The molecule has 0 bridgehead atoms.